The maximum absolute atomic E-state index is 9.07. The van der Waals surface area contributed by atoms with Crippen molar-refractivity contribution >= 4 is 28.8 Å². The SMILES string of the molecule is CSc1cccc(Nc2ccc(N)cc2C#N)c1. The Morgan fingerprint density at radius 1 is 1.22 bits per heavy atom. The van der Waals surface area contributed by atoms with Crippen molar-refractivity contribution in [2.24, 2.45) is 0 Å². The van der Waals surface area contributed by atoms with Crippen molar-refractivity contribution in [1.82, 2.24) is 0 Å². The molecule has 0 aromatic heterocycles. The van der Waals surface area contributed by atoms with E-state index in [1.54, 1.807) is 23.9 Å². The predicted molar refractivity (Wildman–Crippen MR) is 77.1 cm³/mol. The number of nitrogens with one attached hydrogen (secondary N) is 1. The van der Waals surface area contributed by atoms with Crippen molar-refractivity contribution in [3.05, 3.63) is 48.0 Å². The van der Waals surface area contributed by atoms with Crippen LogP contribution in [0.5, 0.6) is 0 Å². The molecule has 0 saturated heterocycles. The molecule has 0 spiro atoms. The molecule has 4 heteroatoms. The molecule has 3 nitrogen and oxygen atoms in total. The number of rotatable bonds is 3. The number of nitrogen functional groups attached to an aromatic ring is 1. The molecule has 2 rings (SSSR count). The van der Waals surface area contributed by atoms with Gasteiger partial charge in [-0.15, -0.1) is 11.8 Å². The third-order valence-corrected chi connectivity index (χ3v) is 3.24. The van der Waals surface area contributed by atoms with E-state index in [9.17, 15) is 0 Å². The minimum Gasteiger partial charge on any atom is -0.399 e. The largest absolute Gasteiger partial charge is 0.399 e. The lowest BCUT2D eigenvalue weighted by Gasteiger charge is -2.09. The van der Waals surface area contributed by atoms with E-state index in [0.29, 0.717) is 11.3 Å². The highest BCUT2D eigenvalue weighted by Crippen LogP contribution is 2.25. The minimum absolute atomic E-state index is 0.546. The van der Waals surface area contributed by atoms with Crippen LogP contribution in [0.25, 0.3) is 0 Å². The lowest BCUT2D eigenvalue weighted by Crippen LogP contribution is -1.95. The van der Waals surface area contributed by atoms with E-state index in [1.807, 2.05) is 36.6 Å². The van der Waals surface area contributed by atoms with E-state index >= 15 is 0 Å². The molecule has 0 radical (unpaired) electrons. The smallest absolute Gasteiger partial charge is 0.101 e. The number of benzene rings is 2. The van der Waals surface area contributed by atoms with Crippen LogP contribution in [0.15, 0.2) is 47.4 Å². The Labute approximate surface area is 111 Å². The molecule has 0 fully saturated rings. The van der Waals surface area contributed by atoms with Gasteiger partial charge >= 0.3 is 0 Å². The first-order chi connectivity index (χ1) is 8.72. The van der Waals surface area contributed by atoms with Crippen LogP contribution in [0.3, 0.4) is 0 Å². The van der Waals surface area contributed by atoms with E-state index < -0.39 is 0 Å². The number of hydrogen-bond acceptors (Lipinski definition) is 4. The van der Waals surface area contributed by atoms with E-state index in [2.05, 4.69) is 11.4 Å². The lowest BCUT2D eigenvalue weighted by molar-refractivity contribution is 1.42. The van der Waals surface area contributed by atoms with Crippen molar-refractivity contribution in [2.75, 3.05) is 17.3 Å². The van der Waals surface area contributed by atoms with Crippen LogP contribution in [0.1, 0.15) is 5.56 Å². The van der Waals surface area contributed by atoms with Gasteiger partial charge in [-0.3, -0.25) is 0 Å². The second-order valence-corrected chi connectivity index (χ2v) is 4.65. The Balaban J connectivity index is 2.31. The highest BCUT2D eigenvalue weighted by atomic mass is 32.2. The molecular weight excluding hydrogens is 242 g/mol. The third kappa shape index (κ3) is 2.76. The molecule has 0 unspecified atom stereocenters. The second-order valence-electron chi connectivity index (χ2n) is 3.77. The molecule has 0 atom stereocenters. The molecular formula is C14H13N3S. The standard InChI is InChI=1S/C14H13N3S/c1-18-13-4-2-3-12(8-13)17-14-6-5-11(16)7-10(14)9-15/h2-8,17H,16H2,1H3. The second kappa shape index (κ2) is 5.48. The summed E-state index contributed by atoms with van der Waals surface area (Å²) in [5.41, 5.74) is 8.53. The number of thioether (sulfide) groups is 1. The Bertz CT molecular complexity index is 602. The third-order valence-electron chi connectivity index (χ3n) is 2.51. The highest BCUT2D eigenvalue weighted by Gasteiger charge is 2.03. The van der Waals surface area contributed by atoms with Gasteiger partial charge in [0.2, 0.25) is 0 Å². The molecule has 2 aromatic carbocycles. The fraction of sp³-hybridized carbons (Fsp3) is 0.0714. The van der Waals surface area contributed by atoms with Gasteiger partial charge in [-0.1, -0.05) is 6.07 Å². The summed E-state index contributed by atoms with van der Waals surface area (Å²) in [6.45, 7) is 0. The molecule has 2 aromatic rings. The van der Waals surface area contributed by atoms with Crippen molar-refractivity contribution in [3.63, 3.8) is 0 Å². The molecule has 0 bridgehead atoms. The first-order valence-corrected chi connectivity index (χ1v) is 6.66. The van der Waals surface area contributed by atoms with Gasteiger partial charge < -0.3 is 11.1 Å². The summed E-state index contributed by atoms with van der Waals surface area (Å²) < 4.78 is 0. The summed E-state index contributed by atoms with van der Waals surface area (Å²) in [4.78, 5) is 1.17. The summed E-state index contributed by atoms with van der Waals surface area (Å²) in [5, 5.41) is 12.3. The van der Waals surface area contributed by atoms with Gasteiger partial charge in [0.15, 0.2) is 0 Å². The first-order valence-electron chi connectivity index (χ1n) is 5.43. The van der Waals surface area contributed by atoms with Gasteiger partial charge in [0.05, 0.1) is 11.3 Å². The number of hydrogen-bond donors (Lipinski definition) is 2. The molecule has 0 aliphatic rings. The van der Waals surface area contributed by atoms with Crippen LogP contribution in [0, 0.1) is 11.3 Å². The number of nitrogens with two attached hydrogens (primary N) is 1. The Morgan fingerprint density at radius 2 is 2.06 bits per heavy atom. The fourth-order valence-electron chi connectivity index (χ4n) is 1.62. The summed E-state index contributed by atoms with van der Waals surface area (Å²) in [6, 6.07) is 15.4. The molecule has 3 N–H and O–H groups in total. The van der Waals surface area contributed by atoms with Gasteiger partial charge in [-0.25, -0.2) is 0 Å². The number of nitriles is 1. The van der Waals surface area contributed by atoms with Crippen molar-refractivity contribution in [3.8, 4) is 6.07 Å². The molecule has 90 valence electrons. The van der Waals surface area contributed by atoms with Crippen molar-refractivity contribution in [1.29, 1.82) is 5.26 Å². The highest BCUT2D eigenvalue weighted by molar-refractivity contribution is 7.98. The van der Waals surface area contributed by atoms with Gasteiger partial charge in [-0.2, -0.15) is 5.26 Å². The van der Waals surface area contributed by atoms with E-state index in [4.69, 9.17) is 11.0 Å². The predicted octanol–water partition coefficient (Wildman–Crippen LogP) is 3.61. The zero-order valence-electron chi connectivity index (χ0n) is 9.97. The van der Waals surface area contributed by atoms with Crippen LogP contribution in [0.2, 0.25) is 0 Å². The summed E-state index contributed by atoms with van der Waals surface area (Å²) in [6.07, 6.45) is 2.03. The lowest BCUT2D eigenvalue weighted by atomic mass is 10.1. The molecule has 0 amide bonds. The first kappa shape index (κ1) is 12.3. The average Bonchev–Trinajstić information content (AvgIpc) is 2.41. The summed E-state index contributed by atoms with van der Waals surface area (Å²) in [5.74, 6) is 0. The van der Waals surface area contributed by atoms with Crippen LogP contribution in [0.4, 0.5) is 17.1 Å². The number of nitrogens with zero attached hydrogens (tertiary/aromatic N) is 1. The topological polar surface area (TPSA) is 61.8 Å². The monoisotopic (exact) mass is 255 g/mol. The van der Waals surface area contributed by atoms with Gasteiger partial charge in [0.25, 0.3) is 0 Å². The zero-order chi connectivity index (χ0) is 13.0. The van der Waals surface area contributed by atoms with E-state index in [1.165, 1.54) is 4.90 Å². The normalized spacial score (nSPS) is 9.78. The Kier molecular flexibility index (Phi) is 3.75. The molecule has 0 aliphatic carbocycles. The maximum atomic E-state index is 9.07. The van der Waals surface area contributed by atoms with E-state index in [0.717, 1.165) is 11.4 Å². The molecule has 0 saturated carbocycles. The Hall–Kier alpha value is -2.12. The van der Waals surface area contributed by atoms with Crippen molar-refractivity contribution in [2.45, 2.75) is 4.90 Å². The van der Waals surface area contributed by atoms with Gasteiger partial charge in [0, 0.05) is 16.3 Å². The quantitative estimate of drug-likeness (QED) is 0.649. The van der Waals surface area contributed by atoms with Gasteiger partial charge in [0.1, 0.15) is 6.07 Å². The molecule has 0 heterocycles. The van der Waals surface area contributed by atoms with Crippen molar-refractivity contribution < 1.29 is 0 Å². The zero-order valence-corrected chi connectivity index (χ0v) is 10.8. The van der Waals surface area contributed by atoms with Crippen LogP contribution in [-0.2, 0) is 0 Å². The summed E-state index contributed by atoms with van der Waals surface area (Å²) in [7, 11) is 0. The number of anilines is 3. The van der Waals surface area contributed by atoms with Crippen LogP contribution in [-0.4, -0.2) is 6.26 Å². The Morgan fingerprint density at radius 3 is 2.78 bits per heavy atom. The maximum Gasteiger partial charge on any atom is 0.101 e. The summed E-state index contributed by atoms with van der Waals surface area (Å²) >= 11 is 1.68. The van der Waals surface area contributed by atoms with Crippen LogP contribution < -0.4 is 11.1 Å². The van der Waals surface area contributed by atoms with Crippen LogP contribution >= 0.6 is 11.8 Å². The molecule has 18 heavy (non-hydrogen) atoms. The molecule has 0 aliphatic heterocycles. The average molecular weight is 255 g/mol. The van der Waals surface area contributed by atoms with E-state index in [-0.39, 0.29) is 0 Å². The minimum atomic E-state index is 0.546. The fourth-order valence-corrected chi connectivity index (χ4v) is 2.08. The van der Waals surface area contributed by atoms with Gasteiger partial charge in [-0.05, 0) is 42.7 Å².